The first-order valence-corrected chi connectivity index (χ1v) is 11.8. The second-order valence-electron chi connectivity index (χ2n) is 9.60. The maximum Gasteiger partial charge on any atom is 0.271 e. The minimum absolute atomic E-state index is 0.0205. The Labute approximate surface area is 212 Å². The van der Waals surface area contributed by atoms with Gasteiger partial charge in [0, 0.05) is 5.92 Å². The molecule has 0 bridgehead atoms. The summed E-state index contributed by atoms with van der Waals surface area (Å²) in [5, 5.41) is 32.9. The van der Waals surface area contributed by atoms with Crippen LogP contribution in [0, 0.1) is 17.6 Å². The lowest BCUT2D eigenvalue weighted by Gasteiger charge is -2.28. The number of halogens is 2. The molecule has 0 radical (unpaired) electrons. The largest absolute Gasteiger partial charge is 0.391 e. The molecule has 37 heavy (non-hydrogen) atoms. The quantitative estimate of drug-likeness (QED) is 0.195. The van der Waals surface area contributed by atoms with Gasteiger partial charge in [-0.15, -0.1) is 0 Å². The summed E-state index contributed by atoms with van der Waals surface area (Å²) in [6.45, 7) is 3.13. The van der Waals surface area contributed by atoms with E-state index in [1.54, 1.807) is 43.6 Å². The highest BCUT2D eigenvalue weighted by Gasteiger charge is 2.30. The molecule has 0 saturated carbocycles. The molecular weight excluding hydrogens is 486 g/mol. The van der Waals surface area contributed by atoms with Crippen LogP contribution in [0.3, 0.4) is 0 Å². The van der Waals surface area contributed by atoms with Crippen molar-refractivity contribution in [2.24, 2.45) is 5.92 Å². The fourth-order valence-electron chi connectivity index (χ4n) is 3.94. The summed E-state index contributed by atoms with van der Waals surface area (Å²) in [6.07, 6.45) is -0.0108. The van der Waals surface area contributed by atoms with Crippen LogP contribution in [0.15, 0.2) is 48.7 Å². The van der Waals surface area contributed by atoms with Crippen LogP contribution in [0.5, 0.6) is 0 Å². The lowest BCUT2D eigenvalue weighted by molar-refractivity contribution is -0.135. The first-order chi connectivity index (χ1) is 17.5. The SMILES string of the molecule is CC(C)(O)CCC(C[C@H](O)[C@H](Cc1ccc(F)c(F)c1)NC(=O)c1cnc2ccccc2n1)C(=O)NO. The van der Waals surface area contributed by atoms with Gasteiger partial charge in [-0.2, -0.15) is 0 Å². The lowest BCUT2D eigenvalue weighted by atomic mass is 9.87. The molecule has 0 saturated heterocycles. The van der Waals surface area contributed by atoms with Gasteiger partial charge in [0.2, 0.25) is 5.91 Å². The number of benzene rings is 2. The number of hydrogen-bond acceptors (Lipinski definition) is 7. The van der Waals surface area contributed by atoms with Crippen molar-refractivity contribution in [2.45, 2.75) is 57.3 Å². The third-order valence-electron chi connectivity index (χ3n) is 6.01. The topological polar surface area (TPSA) is 145 Å². The Hall–Kier alpha value is -3.54. The molecule has 9 nitrogen and oxygen atoms in total. The molecule has 2 aromatic carbocycles. The highest BCUT2D eigenvalue weighted by atomic mass is 19.2. The third-order valence-corrected chi connectivity index (χ3v) is 6.01. The van der Waals surface area contributed by atoms with Gasteiger partial charge in [0.25, 0.3) is 5.91 Å². The molecule has 0 spiro atoms. The summed E-state index contributed by atoms with van der Waals surface area (Å²) in [5.41, 5.74) is 1.82. The van der Waals surface area contributed by atoms with Gasteiger partial charge in [0.05, 0.1) is 35.0 Å². The van der Waals surface area contributed by atoms with Crippen molar-refractivity contribution < 1.29 is 33.8 Å². The molecule has 0 fully saturated rings. The zero-order valence-corrected chi connectivity index (χ0v) is 20.5. The van der Waals surface area contributed by atoms with Crippen LogP contribution in [0.1, 0.15) is 49.2 Å². The van der Waals surface area contributed by atoms with E-state index in [0.717, 1.165) is 12.1 Å². The Balaban J connectivity index is 1.85. The molecule has 1 aromatic heterocycles. The van der Waals surface area contributed by atoms with Crippen LogP contribution in [-0.4, -0.2) is 54.9 Å². The number of hydroxylamine groups is 1. The summed E-state index contributed by atoms with van der Waals surface area (Å²) >= 11 is 0. The van der Waals surface area contributed by atoms with Crippen molar-refractivity contribution in [3.05, 3.63) is 71.6 Å². The average Bonchev–Trinajstić information content (AvgIpc) is 2.86. The number of aliphatic hydroxyl groups excluding tert-OH is 1. The number of carbonyl (C=O) groups excluding carboxylic acids is 2. The second kappa shape index (κ2) is 12.1. The first kappa shape index (κ1) is 28.0. The number of carbonyl (C=O) groups is 2. The summed E-state index contributed by atoms with van der Waals surface area (Å²) in [6, 6.07) is 9.14. The van der Waals surface area contributed by atoms with Gasteiger partial charge in [-0.1, -0.05) is 18.2 Å². The molecule has 3 aromatic rings. The van der Waals surface area contributed by atoms with E-state index in [-0.39, 0.29) is 31.4 Å². The van der Waals surface area contributed by atoms with Crippen molar-refractivity contribution in [2.75, 3.05) is 0 Å². The van der Waals surface area contributed by atoms with Gasteiger partial charge >= 0.3 is 0 Å². The predicted molar refractivity (Wildman–Crippen MR) is 130 cm³/mol. The molecule has 5 N–H and O–H groups in total. The molecule has 2 amide bonds. The number of aliphatic hydroxyl groups is 2. The van der Waals surface area contributed by atoms with Crippen molar-refractivity contribution >= 4 is 22.8 Å². The Morgan fingerprint density at radius 1 is 1.08 bits per heavy atom. The van der Waals surface area contributed by atoms with Gasteiger partial charge in [-0.3, -0.25) is 19.8 Å². The number of para-hydroxylation sites is 2. The second-order valence-corrected chi connectivity index (χ2v) is 9.60. The molecular formula is C26H30F2N4O5. The maximum absolute atomic E-state index is 13.8. The molecule has 11 heteroatoms. The fraction of sp³-hybridized carbons (Fsp3) is 0.385. The third kappa shape index (κ3) is 7.97. The Kier molecular flexibility index (Phi) is 9.19. The number of fused-ring (bicyclic) bond motifs is 1. The molecule has 0 aliphatic rings. The molecule has 1 unspecified atom stereocenters. The molecule has 3 rings (SSSR count). The van der Waals surface area contributed by atoms with E-state index in [0.29, 0.717) is 16.6 Å². The van der Waals surface area contributed by atoms with Gasteiger partial charge in [-0.25, -0.2) is 19.2 Å². The average molecular weight is 517 g/mol. The smallest absolute Gasteiger partial charge is 0.271 e. The number of amides is 2. The van der Waals surface area contributed by atoms with Crippen molar-refractivity contribution in [3.63, 3.8) is 0 Å². The molecule has 0 aliphatic carbocycles. The van der Waals surface area contributed by atoms with Gasteiger partial charge in [0.1, 0.15) is 5.69 Å². The van der Waals surface area contributed by atoms with E-state index >= 15 is 0 Å². The van der Waals surface area contributed by atoms with Gasteiger partial charge in [0.15, 0.2) is 11.6 Å². The standard InChI is InChI=1S/C26H30F2N4O5/c1-26(2,36)10-9-16(24(34)32-37)13-23(33)21(12-15-7-8-17(27)18(28)11-15)31-25(35)22-14-29-19-5-3-4-6-20(19)30-22/h3-8,11,14,16,21,23,33,36-37H,9-10,12-13H2,1-2H3,(H,31,35)(H,32,34)/t16?,21-,23-/m0/s1. The number of rotatable bonds is 11. The number of nitrogens with one attached hydrogen (secondary N) is 2. The van der Waals surface area contributed by atoms with Crippen molar-refractivity contribution in [3.8, 4) is 0 Å². The monoisotopic (exact) mass is 516 g/mol. The minimum atomic E-state index is -1.34. The Morgan fingerprint density at radius 3 is 2.43 bits per heavy atom. The first-order valence-electron chi connectivity index (χ1n) is 11.8. The van der Waals surface area contributed by atoms with E-state index in [4.69, 9.17) is 5.21 Å². The van der Waals surface area contributed by atoms with Crippen LogP contribution in [0.4, 0.5) is 8.78 Å². The van der Waals surface area contributed by atoms with E-state index in [1.165, 1.54) is 12.3 Å². The Bertz CT molecular complexity index is 1250. The van der Waals surface area contributed by atoms with Crippen LogP contribution in [0.25, 0.3) is 11.0 Å². The summed E-state index contributed by atoms with van der Waals surface area (Å²) in [4.78, 5) is 33.8. The maximum atomic E-state index is 13.8. The summed E-state index contributed by atoms with van der Waals surface area (Å²) in [7, 11) is 0. The van der Waals surface area contributed by atoms with E-state index in [1.807, 2.05) is 0 Å². The fourth-order valence-corrected chi connectivity index (χ4v) is 3.94. The number of aromatic nitrogens is 2. The minimum Gasteiger partial charge on any atom is -0.391 e. The summed E-state index contributed by atoms with van der Waals surface area (Å²) in [5.74, 6) is -4.45. The molecule has 198 valence electrons. The van der Waals surface area contributed by atoms with Gasteiger partial charge < -0.3 is 15.5 Å². The van der Waals surface area contributed by atoms with Crippen LogP contribution >= 0.6 is 0 Å². The van der Waals surface area contributed by atoms with Crippen molar-refractivity contribution in [1.82, 2.24) is 20.8 Å². The van der Waals surface area contributed by atoms with E-state index in [9.17, 15) is 28.6 Å². The zero-order valence-electron chi connectivity index (χ0n) is 20.5. The van der Waals surface area contributed by atoms with E-state index < -0.39 is 47.1 Å². The zero-order chi connectivity index (χ0) is 27.2. The number of nitrogens with zero attached hydrogens (tertiary/aromatic N) is 2. The predicted octanol–water partition coefficient (Wildman–Crippen LogP) is 2.67. The molecule has 3 atom stereocenters. The van der Waals surface area contributed by atoms with Crippen molar-refractivity contribution in [1.29, 1.82) is 0 Å². The highest BCUT2D eigenvalue weighted by molar-refractivity contribution is 5.94. The molecule has 0 aliphatic heterocycles. The lowest BCUT2D eigenvalue weighted by Crippen LogP contribution is -2.47. The normalized spacial score (nSPS) is 14.1. The Morgan fingerprint density at radius 2 is 1.78 bits per heavy atom. The van der Waals surface area contributed by atoms with Crippen LogP contribution in [0.2, 0.25) is 0 Å². The molecule has 1 heterocycles. The summed E-state index contributed by atoms with van der Waals surface area (Å²) < 4.78 is 27.3. The van der Waals surface area contributed by atoms with E-state index in [2.05, 4.69) is 15.3 Å². The van der Waals surface area contributed by atoms with Crippen LogP contribution < -0.4 is 10.8 Å². The van der Waals surface area contributed by atoms with Crippen LogP contribution in [-0.2, 0) is 11.2 Å². The van der Waals surface area contributed by atoms with Gasteiger partial charge in [-0.05, 0) is 69.4 Å². The highest BCUT2D eigenvalue weighted by Crippen LogP contribution is 2.23. The number of hydrogen-bond donors (Lipinski definition) is 5.